The van der Waals surface area contributed by atoms with Crippen LogP contribution in [0.25, 0.3) is 10.2 Å². The summed E-state index contributed by atoms with van der Waals surface area (Å²) in [6, 6.07) is 24.7. The Bertz CT molecular complexity index is 2860. The number of halogens is 3. The number of thiazole rings is 2. The third-order valence-electron chi connectivity index (χ3n) is 10.6. The highest BCUT2D eigenvalue weighted by Gasteiger charge is 2.46. The van der Waals surface area contributed by atoms with Gasteiger partial charge in [0.1, 0.15) is 5.69 Å². The number of aromatic nitrogens is 2. The van der Waals surface area contributed by atoms with Crippen molar-refractivity contribution in [3.05, 3.63) is 119 Å². The predicted molar refractivity (Wildman–Crippen MR) is 246 cm³/mol. The maximum Gasteiger partial charge on any atom is 0.427 e. The van der Waals surface area contributed by atoms with Gasteiger partial charge in [0, 0.05) is 60.4 Å². The van der Waals surface area contributed by atoms with Crippen LogP contribution in [0.2, 0.25) is 0 Å². The molecule has 4 aromatic carbocycles. The molecule has 22 heteroatoms. The number of thioether (sulfide) groups is 1. The molecule has 8 rings (SSSR count). The zero-order valence-corrected chi connectivity index (χ0v) is 38.5. The first-order valence-electron chi connectivity index (χ1n) is 19.9. The first kappa shape index (κ1) is 45.8. The first-order valence-corrected chi connectivity index (χ1v) is 25.9. The molecule has 1 fully saturated rings. The van der Waals surface area contributed by atoms with E-state index >= 15 is 0 Å². The lowest BCUT2D eigenvalue weighted by Gasteiger charge is -2.29. The van der Waals surface area contributed by atoms with Crippen molar-refractivity contribution < 1.29 is 39.9 Å². The minimum atomic E-state index is -5.66. The molecule has 0 spiro atoms. The summed E-state index contributed by atoms with van der Waals surface area (Å²) in [4.78, 5) is 39.0. The number of para-hydroxylation sites is 1. The van der Waals surface area contributed by atoms with E-state index in [1.807, 2.05) is 76.4 Å². The Labute approximate surface area is 385 Å². The summed E-state index contributed by atoms with van der Waals surface area (Å²) in [5.41, 5.74) is 2.42. The number of carbonyl (C=O) groups is 2. The molecule has 2 aromatic heterocycles. The fourth-order valence-electron chi connectivity index (χ4n) is 7.22. The van der Waals surface area contributed by atoms with Crippen molar-refractivity contribution in [1.29, 1.82) is 0 Å². The summed E-state index contributed by atoms with van der Waals surface area (Å²) >= 11 is 9.07. The average molecular weight is 989 g/mol. The van der Waals surface area contributed by atoms with Gasteiger partial charge in [0.15, 0.2) is 10.3 Å². The lowest BCUT2D eigenvalue weighted by atomic mass is 9.94. The van der Waals surface area contributed by atoms with Crippen molar-refractivity contribution >= 4 is 104 Å². The fourth-order valence-corrected chi connectivity index (χ4v) is 12.2. The zero-order valence-electron chi connectivity index (χ0n) is 33.7. The number of nitrogens with one attached hydrogen (secondary N) is 3. The molecule has 4 heterocycles. The molecule has 64 heavy (non-hydrogen) atoms. The first-order chi connectivity index (χ1) is 30.6. The van der Waals surface area contributed by atoms with E-state index in [4.69, 9.17) is 16.3 Å². The number of amides is 2. The maximum absolute atomic E-state index is 14.6. The summed E-state index contributed by atoms with van der Waals surface area (Å²) in [6.07, 6.45) is 1.04. The molecule has 0 saturated carbocycles. The van der Waals surface area contributed by atoms with Gasteiger partial charge < -0.3 is 15.0 Å². The summed E-state index contributed by atoms with van der Waals surface area (Å²) < 4.78 is 86.7. The van der Waals surface area contributed by atoms with E-state index in [-0.39, 0.29) is 23.8 Å². The van der Waals surface area contributed by atoms with Gasteiger partial charge in [-0.1, -0.05) is 53.8 Å². The molecule has 0 radical (unpaired) electrons. The molecular formula is C42H40ClF2N7O7S5. The van der Waals surface area contributed by atoms with Crippen molar-refractivity contribution in [2.75, 3.05) is 60.7 Å². The standard InChI is InChI=1S/C42H40ClF2N7O7S5/c43-42(44,45)63(55,56)37-23-30(13-14-34(37)46-28(16-17-51-19-21-59-22-20-51)25-60-29-8-2-1-3-9-29)64(57,58)50-39(54)35-26-61-41(48-35)52-18-15-27-7-6-10-31(32(27)24-52)38(53)49-40-47-33-11-4-5-12-36(33)62-40/h1-14,23,26,28,46H,15-22,24-25H2,(H,50,54)(H,47,49,53)/t28-/m1/s1. The molecule has 336 valence electrons. The van der Waals surface area contributed by atoms with Gasteiger partial charge in [-0.05, 0) is 84.1 Å². The van der Waals surface area contributed by atoms with Crippen LogP contribution >= 0.6 is 46.0 Å². The van der Waals surface area contributed by atoms with Crippen molar-refractivity contribution in [1.82, 2.24) is 19.6 Å². The SMILES string of the molecule is O=C(NS(=O)(=O)c1ccc(N[C@H](CCN2CCOCC2)CSc2ccccc2)c(S(=O)(=O)C(F)(F)Cl)c1)c1csc(N2CCc3cccc(C(=O)Nc4nc5ccccc5s4)c3C2)n1. The van der Waals surface area contributed by atoms with Crippen molar-refractivity contribution in [2.24, 2.45) is 0 Å². The van der Waals surface area contributed by atoms with Gasteiger partial charge in [0.05, 0.1) is 38.9 Å². The monoisotopic (exact) mass is 987 g/mol. The molecule has 1 atom stereocenters. The zero-order chi connectivity index (χ0) is 45.1. The van der Waals surface area contributed by atoms with E-state index in [0.717, 1.165) is 49.7 Å². The van der Waals surface area contributed by atoms with Gasteiger partial charge in [-0.2, -0.15) is 8.78 Å². The molecule has 0 unspecified atom stereocenters. The summed E-state index contributed by atoms with van der Waals surface area (Å²) in [5.74, 6) is -1.06. The number of nitrogens with zero attached hydrogens (tertiary/aromatic N) is 4. The summed E-state index contributed by atoms with van der Waals surface area (Å²) in [5, 5.41) is 8.19. The molecule has 14 nitrogen and oxygen atoms in total. The number of ether oxygens (including phenoxy) is 1. The van der Waals surface area contributed by atoms with Crippen molar-refractivity contribution in [3.8, 4) is 0 Å². The van der Waals surface area contributed by atoms with Crippen LogP contribution in [0.4, 0.5) is 24.7 Å². The van der Waals surface area contributed by atoms with Crippen LogP contribution in [-0.2, 0) is 37.6 Å². The van der Waals surface area contributed by atoms with Gasteiger partial charge in [0.25, 0.3) is 31.7 Å². The number of rotatable bonds is 16. The lowest BCUT2D eigenvalue weighted by molar-refractivity contribution is 0.0370. The number of fused-ring (bicyclic) bond motifs is 2. The van der Waals surface area contributed by atoms with Crippen LogP contribution in [0.15, 0.2) is 111 Å². The Balaban J connectivity index is 0.984. The van der Waals surface area contributed by atoms with Gasteiger partial charge >= 0.3 is 4.71 Å². The smallest absolute Gasteiger partial charge is 0.380 e. The second-order valence-corrected chi connectivity index (χ2v) is 22.1. The van der Waals surface area contributed by atoms with Crippen LogP contribution in [0.1, 0.15) is 38.4 Å². The largest absolute Gasteiger partial charge is 0.427 e. The number of benzene rings is 4. The molecule has 2 aliphatic rings. The summed E-state index contributed by atoms with van der Waals surface area (Å²) in [7, 11) is -10.5. The number of sulfonamides is 1. The number of sulfone groups is 1. The fraction of sp³-hybridized carbons (Fsp3) is 0.286. The van der Waals surface area contributed by atoms with Gasteiger partial charge in [-0.25, -0.2) is 31.5 Å². The predicted octanol–water partition coefficient (Wildman–Crippen LogP) is 7.54. The van der Waals surface area contributed by atoms with E-state index in [1.165, 1.54) is 28.5 Å². The minimum Gasteiger partial charge on any atom is -0.380 e. The second-order valence-electron chi connectivity index (χ2n) is 14.8. The molecule has 1 saturated heterocycles. The van der Waals surface area contributed by atoms with Crippen LogP contribution in [0.5, 0.6) is 0 Å². The van der Waals surface area contributed by atoms with E-state index in [9.17, 15) is 35.2 Å². The van der Waals surface area contributed by atoms with E-state index in [1.54, 1.807) is 6.07 Å². The highest BCUT2D eigenvalue weighted by atomic mass is 35.5. The topological polar surface area (TPSA) is 180 Å². The van der Waals surface area contributed by atoms with Gasteiger partial charge in [0.2, 0.25) is 0 Å². The Hall–Kier alpha value is -4.74. The number of hydrogen-bond donors (Lipinski definition) is 3. The lowest BCUT2D eigenvalue weighted by Crippen LogP contribution is -2.39. The van der Waals surface area contributed by atoms with Crippen LogP contribution in [-0.4, -0.2) is 99.4 Å². The molecule has 0 bridgehead atoms. The van der Waals surface area contributed by atoms with Crippen molar-refractivity contribution in [2.45, 2.75) is 44.8 Å². The molecule has 2 amide bonds. The van der Waals surface area contributed by atoms with Crippen LogP contribution in [0.3, 0.4) is 0 Å². The second kappa shape index (κ2) is 19.4. The number of hydrogen-bond acceptors (Lipinski definition) is 15. The number of carbonyl (C=O) groups excluding carboxylic acids is 2. The van der Waals surface area contributed by atoms with Crippen LogP contribution in [0, 0.1) is 0 Å². The highest BCUT2D eigenvalue weighted by molar-refractivity contribution is 7.99. The third-order valence-corrected chi connectivity index (χ3v) is 17.1. The molecule has 3 N–H and O–H groups in total. The molecule has 0 aliphatic carbocycles. The van der Waals surface area contributed by atoms with E-state index in [0.29, 0.717) is 79.9 Å². The van der Waals surface area contributed by atoms with Gasteiger partial charge in [-0.3, -0.25) is 19.8 Å². The highest BCUT2D eigenvalue weighted by Crippen LogP contribution is 2.38. The summed E-state index contributed by atoms with van der Waals surface area (Å²) in [6.45, 7) is 3.86. The average Bonchev–Trinajstić information content (AvgIpc) is 3.95. The van der Waals surface area contributed by atoms with Crippen molar-refractivity contribution in [3.63, 3.8) is 0 Å². The number of anilines is 3. The van der Waals surface area contributed by atoms with E-state index in [2.05, 4.69) is 25.5 Å². The quantitative estimate of drug-likeness (QED) is 0.0640. The normalized spacial score (nSPS) is 15.4. The van der Waals surface area contributed by atoms with E-state index < -0.39 is 46.3 Å². The molecular weight excluding hydrogens is 948 g/mol. The Morgan fingerprint density at radius 2 is 1.69 bits per heavy atom. The Kier molecular flexibility index (Phi) is 13.9. The Morgan fingerprint density at radius 1 is 0.922 bits per heavy atom. The van der Waals surface area contributed by atoms with Gasteiger partial charge in [-0.15, -0.1) is 23.1 Å². The third kappa shape index (κ3) is 10.5. The Morgan fingerprint density at radius 3 is 2.45 bits per heavy atom. The molecule has 6 aromatic rings. The number of morpholine rings is 1. The maximum atomic E-state index is 14.6. The van der Waals surface area contributed by atoms with Crippen LogP contribution < -0.4 is 20.3 Å². The molecule has 2 aliphatic heterocycles. The number of alkyl halides is 3. The minimum absolute atomic E-state index is 0.256.